The Bertz CT molecular complexity index is 732. The summed E-state index contributed by atoms with van der Waals surface area (Å²) < 4.78 is 0. The fourth-order valence-electron chi connectivity index (χ4n) is 3.20. The molecular weight excluding hydrogens is 334 g/mol. The molecule has 1 aromatic carbocycles. The molecule has 0 bridgehead atoms. The van der Waals surface area contributed by atoms with Crippen molar-refractivity contribution < 1.29 is 9.59 Å². The molecule has 1 saturated heterocycles. The zero-order valence-electron chi connectivity index (χ0n) is 14.6. The number of imide groups is 1. The quantitative estimate of drug-likeness (QED) is 0.773. The van der Waals surface area contributed by atoms with E-state index in [1.807, 2.05) is 55.6 Å². The molecule has 3 amide bonds. The van der Waals surface area contributed by atoms with Crippen LogP contribution in [-0.4, -0.2) is 35.0 Å². The number of hydrogen-bond donors (Lipinski definition) is 1. The van der Waals surface area contributed by atoms with E-state index in [0.29, 0.717) is 13.1 Å². The zero-order chi connectivity index (χ0) is 17.9. The summed E-state index contributed by atoms with van der Waals surface area (Å²) >= 11 is 1.68. The maximum atomic E-state index is 13.1. The van der Waals surface area contributed by atoms with Crippen LogP contribution in [-0.2, 0) is 16.9 Å². The molecule has 3 rings (SSSR count). The minimum absolute atomic E-state index is 0.171. The van der Waals surface area contributed by atoms with Crippen molar-refractivity contribution in [2.24, 2.45) is 0 Å². The van der Waals surface area contributed by atoms with E-state index in [2.05, 4.69) is 16.3 Å². The molecule has 132 valence electrons. The molecule has 6 heteroatoms. The predicted octanol–water partition coefficient (Wildman–Crippen LogP) is 3.38. The SMILES string of the molecule is CCN(Cc1cccs1)CN1C(=O)NC(CC)(c2ccccc2)C1=O. The molecule has 1 aliphatic heterocycles. The van der Waals surface area contributed by atoms with Crippen molar-refractivity contribution in [1.29, 1.82) is 0 Å². The Morgan fingerprint density at radius 1 is 1.12 bits per heavy atom. The maximum absolute atomic E-state index is 13.1. The van der Waals surface area contributed by atoms with Crippen molar-refractivity contribution in [3.05, 3.63) is 58.3 Å². The topological polar surface area (TPSA) is 52.6 Å². The average Bonchev–Trinajstić information content (AvgIpc) is 3.23. The van der Waals surface area contributed by atoms with Crippen LogP contribution in [0.15, 0.2) is 47.8 Å². The van der Waals surface area contributed by atoms with Gasteiger partial charge < -0.3 is 5.32 Å². The smallest absolute Gasteiger partial charge is 0.319 e. The highest BCUT2D eigenvalue weighted by atomic mass is 32.1. The van der Waals surface area contributed by atoms with E-state index in [1.165, 1.54) is 9.78 Å². The van der Waals surface area contributed by atoms with Gasteiger partial charge in [0.15, 0.2) is 0 Å². The number of nitrogens with one attached hydrogen (secondary N) is 1. The molecule has 1 fully saturated rings. The normalized spacial score (nSPS) is 20.4. The van der Waals surface area contributed by atoms with Gasteiger partial charge in [-0.1, -0.05) is 50.2 Å². The second-order valence-electron chi connectivity index (χ2n) is 6.15. The predicted molar refractivity (Wildman–Crippen MR) is 99.1 cm³/mol. The summed E-state index contributed by atoms with van der Waals surface area (Å²) in [6.45, 7) is 5.76. The number of amides is 3. The number of carbonyl (C=O) groups is 2. The van der Waals surface area contributed by atoms with E-state index in [4.69, 9.17) is 0 Å². The highest BCUT2D eigenvalue weighted by Crippen LogP contribution is 2.32. The van der Waals surface area contributed by atoms with Crippen LogP contribution in [0, 0.1) is 0 Å². The summed E-state index contributed by atoms with van der Waals surface area (Å²) in [4.78, 5) is 30.4. The fraction of sp³-hybridized carbons (Fsp3) is 0.368. The van der Waals surface area contributed by atoms with Gasteiger partial charge in [0.1, 0.15) is 5.54 Å². The van der Waals surface area contributed by atoms with E-state index >= 15 is 0 Å². The van der Waals surface area contributed by atoms with Crippen molar-refractivity contribution in [3.8, 4) is 0 Å². The van der Waals surface area contributed by atoms with Gasteiger partial charge in [-0.05, 0) is 30.0 Å². The summed E-state index contributed by atoms with van der Waals surface area (Å²) in [5.41, 5.74) is -0.125. The van der Waals surface area contributed by atoms with Crippen LogP contribution in [0.2, 0.25) is 0 Å². The standard InChI is InChI=1S/C19H23N3O2S/c1-3-19(15-9-6-5-7-10-15)17(23)22(18(24)20-19)14-21(4-2)13-16-11-8-12-25-16/h5-12H,3-4,13-14H2,1-2H3,(H,20,24). The first-order valence-electron chi connectivity index (χ1n) is 8.55. The van der Waals surface area contributed by atoms with Crippen LogP contribution in [0.5, 0.6) is 0 Å². The second-order valence-corrected chi connectivity index (χ2v) is 7.19. The molecule has 25 heavy (non-hydrogen) atoms. The molecule has 2 aromatic rings. The van der Waals surface area contributed by atoms with Crippen molar-refractivity contribution in [3.63, 3.8) is 0 Å². The van der Waals surface area contributed by atoms with E-state index in [1.54, 1.807) is 11.3 Å². The zero-order valence-corrected chi connectivity index (χ0v) is 15.4. The van der Waals surface area contributed by atoms with E-state index in [0.717, 1.165) is 18.7 Å². The lowest BCUT2D eigenvalue weighted by atomic mass is 9.87. The van der Waals surface area contributed by atoms with Gasteiger partial charge in [-0.15, -0.1) is 11.3 Å². The van der Waals surface area contributed by atoms with Gasteiger partial charge in [0.05, 0.1) is 6.67 Å². The number of carbonyl (C=O) groups excluding carboxylic acids is 2. The molecule has 1 N–H and O–H groups in total. The molecular formula is C19H23N3O2S. The third-order valence-electron chi connectivity index (χ3n) is 4.72. The summed E-state index contributed by atoms with van der Waals surface area (Å²) in [6.07, 6.45) is 0.523. The van der Waals surface area contributed by atoms with Gasteiger partial charge in [-0.25, -0.2) is 9.69 Å². The van der Waals surface area contributed by atoms with Crippen LogP contribution >= 0.6 is 11.3 Å². The Morgan fingerprint density at radius 3 is 2.48 bits per heavy atom. The van der Waals surface area contributed by atoms with Crippen molar-refractivity contribution in [1.82, 2.24) is 15.1 Å². The Morgan fingerprint density at radius 2 is 1.88 bits per heavy atom. The average molecular weight is 357 g/mol. The number of urea groups is 1. The van der Waals surface area contributed by atoms with E-state index in [9.17, 15) is 9.59 Å². The molecule has 2 heterocycles. The lowest BCUT2D eigenvalue weighted by Crippen LogP contribution is -2.45. The largest absolute Gasteiger partial charge is 0.326 e. The summed E-state index contributed by atoms with van der Waals surface area (Å²) in [5, 5.41) is 4.97. The number of thiophene rings is 1. The number of benzene rings is 1. The first-order valence-corrected chi connectivity index (χ1v) is 9.43. The molecule has 0 saturated carbocycles. The van der Waals surface area contributed by atoms with Crippen molar-refractivity contribution in [2.75, 3.05) is 13.2 Å². The van der Waals surface area contributed by atoms with Crippen LogP contribution < -0.4 is 5.32 Å². The highest BCUT2D eigenvalue weighted by Gasteiger charge is 2.51. The summed E-state index contributed by atoms with van der Waals surface area (Å²) in [7, 11) is 0. The first-order chi connectivity index (χ1) is 12.1. The molecule has 0 aliphatic carbocycles. The van der Waals surface area contributed by atoms with Gasteiger partial charge in [0.2, 0.25) is 0 Å². The monoisotopic (exact) mass is 357 g/mol. The Kier molecular flexibility index (Phi) is 5.20. The summed E-state index contributed by atoms with van der Waals surface area (Å²) in [5.74, 6) is -0.171. The Balaban J connectivity index is 1.80. The fourth-order valence-corrected chi connectivity index (χ4v) is 3.95. The molecule has 1 aromatic heterocycles. The molecule has 1 unspecified atom stereocenters. The minimum atomic E-state index is -0.958. The van der Waals surface area contributed by atoms with Crippen LogP contribution in [0.4, 0.5) is 4.79 Å². The van der Waals surface area contributed by atoms with Gasteiger partial charge in [0, 0.05) is 11.4 Å². The Labute approximate surface area is 152 Å². The maximum Gasteiger partial charge on any atom is 0.326 e. The third kappa shape index (κ3) is 3.32. The van der Waals surface area contributed by atoms with Gasteiger partial charge in [-0.2, -0.15) is 0 Å². The lowest BCUT2D eigenvalue weighted by molar-refractivity contribution is -0.133. The van der Waals surface area contributed by atoms with Crippen molar-refractivity contribution in [2.45, 2.75) is 32.4 Å². The number of rotatable bonds is 7. The number of nitrogens with zero attached hydrogens (tertiary/aromatic N) is 2. The van der Waals surface area contributed by atoms with Gasteiger partial charge in [0.25, 0.3) is 5.91 Å². The molecule has 0 spiro atoms. The third-order valence-corrected chi connectivity index (χ3v) is 5.58. The molecule has 0 radical (unpaired) electrons. The summed E-state index contributed by atoms with van der Waals surface area (Å²) in [6, 6.07) is 13.3. The molecule has 1 aliphatic rings. The minimum Gasteiger partial charge on any atom is -0.319 e. The van der Waals surface area contributed by atoms with E-state index < -0.39 is 5.54 Å². The van der Waals surface area contributed by atoms with Crippen LogP contribution in [0.3, 0.4) is 0 Å². The lowest BCUT2D eigenvalue weighted by Gasteiger charge is -2.27. The van der Waals surface area contributed by atoms with Gasteiger partial charge in [-0.3, -0.25) is 9.69 Å². The van der Waals surface area contributed by atoms with E-state index in [-0.39, 0.29) is 11.9 Å². The van der Waals surface area contributed by atoms with Crippen molar-refractivity contribution >= 4 is 23.3 Å². The molecule has 5 nitrogen and oxygen atoms in total. The molecule has 1 atom stereocenters. The van der Waals surface area contributed by atoms with Crippen LogP contribution in [0.1, 0.15) is 30.7 Å². The first kappa shape index (κ1) is 17.6. The highest BCUT2D eigenvalue weighted by molar-refractivity contribution is 7.09. The Hall–Kier alpha value is -2.18. The number of hydrogen-bond acceptors (Lipinski definition) is 4. The van der Waals surface area contributed by atoms with Crippen LogP contribution in [0.25, 0.3) is 0 Å². The van der Waals surface area contributed by atoms with Gasteiger partial charge >= 0.3 is 6.03 Å². The second kappa shape index (κ2) is 7.37.